The largest absolute Gasteiger partial charge is 0.379 e. The third kappa shape index (κ3) is 3.54. The summed E-state index contributed by atoms with van der Waals surface area (Å²) < 4.78 is 10.6. The van der Waals surface area contributed by atoms with E-state index >= 15 is 0 Å². The number of aryl methyl sites for hydroxylation is 2. The van der Waals surface area contributed by atoms with E-state index in [1.165, 1.54) is 0 Å². The van der Waals surface area contributed by atoms with E-state index in [4.69, 9.17) is 9.26 Å². The fraction of sp³-hybridized carbons (Fsp3) is 0.533. The maximum atomic E-state index is 5.47. The van der Waals surface area contributed by atoms with E-state index in [1.54, 1.807) is 6.20 Å². The van der Waals surface area contributed by atoms with E-state index in [0.29, 0.717) is 18.5 Å². The minimum Gasteiger partial charge on any atom is -0.379 e. The van der Waals surface area contributed by atoms with Crippen LogP contribution in [0.1, 0.15) is 29.9 Å². The molecular weight excluding hydrogens is 282 g/mol. The first kappa shape index (κ1) is 14.8. The average Bonchev–Trinajstić information content (AvgIpc) is 2.85. The normalized spacial score (nSPS) is 18.2. The Kier molecular flexibility index (Phi) is 4.53. The van der Waals surface area contributed by atoms with Crippen LogP contribution in [0.15, 0.2) is 16.8 Å². The maximum absolute atomic E-state index is 5.47. The van der Waals surface area contributed by atoms with Crippen molar-refractivity contribution in [3.63, 3.8) is 0 Å². The van der Waals surface area contributed by atoms with E-state index in [1.807, 2.05) is 19.9 Å². The summed E-state index contributed by atoms with van der Waals surface area (Å²) in [7, 11) is 0. The van der Waals surface area contributed by atoms with E-state index in [0.717, 1.165) is 48.9 Å². The highest BCUT2D eigenvalue weighted by Gasteiger charge is 2.14. The number of nitrogens with one attached hydrogen (secondary N) is 2. The number of hydrogen-bond donors (Lipinski definition) is 2. The molecule has 7 nitrogen and oxygen atoms in total. The number of aromatic nitrogens is 3. The summed E-state index contributed by atoms with van der Waals surface area (Å²) in [5, 5.41) is 10.5. The van der Waals surface area contributed by atoms with Crippen molar-refractivity contribution in [3.8, 4) is 0 Å². The summed E-state index contributed by atoms with van der Waals surface area (Å²) in [4.78, 5) is 8.73. The monoisotopic (exact) mass is 303 g/mol. The molecule has 2 aromatic rings. The van der Waals surface area contributed by atoms with Gasteiger partial charge in [0.05, 0.1) is 18.3 Å². The number of rotatable bonds is 5. The van der Waals surface area contributed by atoms with Gasteiger partial charge in [-0.3, -0.25) is 0 Å². The molecule has 1 saturated heterocycles. The summed E-state index contributed by atoms with van der Waals surface area (Å²) in [6.07, 6.45) is 3.93. The Balaban J connectivity index is 1.61. The summed E-state index contributed by atoms with van der Waals surface area (Å²) >= 11 is 0. The fourth-order valence-corrected chi connectivity index (χ4v) is 2.51. The zero-order valence-electron chi connectivity index (χ0n) is 12.9. The summed E-state index contributed by atoms with van der Waals surface area (Å²) in [6, 6.07) is 2.19. The lowest BCUT2D eigenvalue weighted by molar-refractivity contribution is 0.0875. The van der Waals surface area contributed by atoms with E-state index in [-0.39, 0.29) is 0 Å². The Bertz CT molecular complexity index is 603. The van der Waals surface area contributed by atoms with Gasteiger partial charge < -0.3 is 19.9 Å². The first-order chi connectivity index (χ1) is 10.7. The highest BCUT2D eigenvalue weighted by molar-refractivity contribution is 5.41. The molecule has 1 aliphatic rings. The molecule has 1 aliphatic heterocycles. The summed E-state index contributed by atoms with van der Waals surface area (Å²) in [5.41, 5.74) is 1.93. The second-order valence-corrected chi connectivity index (χ2v) is 5.48. The van der Waals surface area contributed by atoms with Crippen LogP contribution in [0.5, 0.6) is 0 Å². The van der Waals surface area contributed by atoms with Crippen molar-refractivity contribution in [2.75, 3.05) is 23.8 Å². The Labute approximate surface area is 129 Å². The lowest BCUT2D eigenvalue weighted by Crippen LogP contribution is -2.30. The van der Waals surface area contributed by atoms with E-state index in [2.05, 4.69) is 25.8 Å². The van der Waals surface area contributed by atoms with Gasteiger partial charge >= 0.3 is 0 Å². The van der Waals surface area contributed by atoms with Crippen LogP contribution in [0.2, 0.25) is 0 Å². The van der Waals surface area contributed by atoms with Gasteiger partial charge in [0.25, 0.3) is 0 Å². The predicted octanol–water partition coefficient (Wildman–Crippen LogP) is 2.28. The number of hydrogen-bond acceptors (Lipinski definition) is 7. The highest BCUT2D eigenvalue weighted by Crippen LogP contribution is 2.16. The van der Waals surface area contributed by atoms with Crippen molar-refractivity contribution in [2.24, 2.45) is 0 Å². The molecule has 22 heavy (non-hydrogen) atoms. The predicted molar refractivity (Wildman–Crippen MR) is 82.8 cm³/mol. The number of anilines is 2. The van der Waals surface area contributed by atoms with Crippen molar-refractivity contribution < 1.29 is 9.26 Å². The molecule has 7 heteroatoms. The van der Waals surface area contributed by atoms with Gasteiger partial charge in [0.2, 0.25) is 5.95 Å². The molecule has 0 radical (unpaired) electrons. The first-order valence-electron chi connectivity index (χ1n) is 7.55. The van der Waals surface area contributed by atoms with Crippen molar-refractivity contribution in [2.45, 2.75) is 39.3 Å². The fourth-order valence-electron chi connectivity index (χ4n) is 2.51. The third-order valence-electron chi connectivity index (χ3n) is 3.77. The Morgan fingerprint density at radius 2 is 2.27 bits per heavy atom. The molecule has 2 N–H and O–H groups in total. The maximum Gasteiger partial charge on any atom is 0.224 e. The van der Waals surface area contributed by atoms with Gasteiger partial charge in [0.1, 0.15) is 11.6 Å². The van der Waals surface area contributed by atoms with E-state index < -0.39 is 0 Å². The topological polar surface area (TPSA) is 85.1 Å². The van der Waals surface area contributed by atoms with Crippen molar-refractivity contribution in [3.05, 3.63) is 29.3 Å². The highest BCUT2D eigenvalue weighted by atomic mass is 16.5. The van der Waals surface area contributed by atoms with Gasteiger partial charge in [-0.2, -0.15) is 4.98 Å². The molecular formula is C15H21N5O2. The minimum atomic E-state index is 0.319. The Hall–Kier alpha value is -2.15. The third-order valence-corrected chi connectivity index (χ3v) is 3.77. The van der Waals surface area contributed by atoms with Crippen LogP contribution in [0.3, 0.4) is 0 Å². The minimum absolute atomic E-state index is 0.319. The van der Waals surface area contributed by atoms with Gasteiger partial charge in [-0.05, 0) is 32.8 Å². The Morgan fingerprint density at radius 3 is 3.00 bits per heavy atom. The van der Waals surface area contributed by atoms with Gasteiger partial charge in [-0.1, -0.05) is 5.16 Å². The molecule has 0 aromatic carbocycles. The Morgan fingerprint density at radius 1 is 1.36 bits per heavy atom. The standard InChI is InChI=1S/C15H21N5O2/c1-10-13(11(2)22-20-10)8-17-15-16-6-5-14(19-15)18-12-4-3-7-21-9-12/h5-6,12H,3-4,7-9H2,1-2H3,(H2,16,17,18,19). The van der Waals surface area contributed by atoms with Gasteiger partial charge in [0, 0.05) is 24.9 Å². The van der Waals surface area contributed by atoms with Crippen molar-refractivity contribution in [1.82, 2.24) is 15.1 Å². The first-order valence-corrected chi connectivity index (χ1v) is 7.55. The molecule has 0 amide bonds. The quantitative estimate of drug-likeness (QED) is 0.876. The van der Waals surface area contributed by atoms with Crippen LogP contribution >= 0.6 is 0 Å². The molecule has 118 valence electrons. The average molecular weight is 303 g/mol. The van der Waals surface area contributed by atoms with Gasteiger partial charge in [0.15, 0.2) is 0 Å². The van der Waals surface area contributed by atoms with Gasteiger partial charge in [-0.25, -0.2) is 4.98 Å². The molecule has 0 aliphatic carbocycles. The summed E-state index contributed by atoms with van der Waals surface area (Å²) in [6.45, 7) is 6.00. The molecule has 3 rings (SSSR count). The lowest BCUT2D eigenvalue weighted by Gasteiger charge is -2.23. The molecule has 3 heterocycles. The zero-order valence-corrected chi connectivity index (χ0v) is 12.9. The molecule has 1 atom stereocenters. The van der Waals surface area contributed by atoms with E-state index in [9.17, 15) is 0 Å². The molecule has 0 spiro atoms. The second kappa shape index (κ2) is 6.74. The molecule has 1 unspecified atom stereocenters. The van der Waals surface area contributed by atoms with Gasteiger partial charge in [-0.15, -0.1) is 0 Å². The SMILES string of the molecule is Cc1noc(C)c1CNc1nccc(NC2CCCOC2)n1. The lowest BCUT2D eigenvalue weighted by atomic mass is 10.1. The van der Waals surface area contributed by atoms with Crippen LogP contribution < -0.4 is 10.6 Å². The zero-order chi connectivity index (χ0) is 15.4. The summed E-state index contributed by atoms with van der Waals surface area (Å²) in [5.74, 6) is 2.21. The van der Waals surface area contributed by atoms with Crippen LogP contribution in [0.25, 0.3) is 0 Å². The van der Waals surface area contributed by atoms with Crippen molar-refractivity contribution in [1.29, 1.82) is 0 Å². The second-order valence-electron chi connectivity index (χ2n) is 5.48. The molecule has 0 saturated carbocycles. The molecule has 1 fully saturated rings. The number of ether oxygens (including phenoxy) is 1. The smallest absolute Gasteiger partial charge is 0.224 e. The van der Waals surface area contributed by atoms with Crippen LogP contribution in [-0.2, 0) is 11.3 Å². The van der Waals surface area contributed by atoms with Crippen LogP contribution in [0.4, 0.5) is 11.8 Å². The molecule has 0 bridgehead atoms. The van der Waals surface area contributed by atoms with Crippen LogP contribution in [0, 0.1) is 13.8 Å². The number of nitrogens with zero attached hydrogens (tertiary/aromatic N) is 3. The molecule has 2 aromatic heterocycles. The van der Waals surface area contributed by atoms with Crippen LogP contribution in [-0.4, -0.2) is 34.4 Å². The van der Waals surface area contributed by atoms with Crippen molar-refractivity contribution >= 4 is 11.8 Å².